The van der Waals surface area contributed by atoms with E-state index in [0.29, 0.717) is 5.92 Å². The van der Waals surface area contributed by atoms with Crippen LogP contribution in [0.1, 0.15) is 24.8 Å². The highest BCUT2D eigenvalue weighted by atomic mass is 35.5. The van der Waals surface area contributed by atoms with Gasteiger partial charge in [-0.15, -0.1) is 0 Å². The highest BCUT2D eigenvalue weighted by molar-refractivity contribution is 6.30. The Morgan fingerprint density at radius 2 is 2.23 bits per heavy atom. The van der Waals surface area contributed by atoms with Gasteiger partial charge in [0.1, 0.15) is 0 Å². The molecule has 72 valence electrons. The van der Waals surface area contributed by atoms with Crippen molar-refractivity contribution in [2.24, 2.45) is 0 Å². The molecule has 2 heteroatoms. The molecule has 0 aromatic heterocycles. The van der Waals surface area contributed by atoms with Gasteiger partial charge in [0.2, 0.25) is 0 Å². The second kappa shape index (κ2) is 5.25. The maximum atomic E-state index is 5.93. The van der Waals surface area contributed by atoms with Crippen LogP contribution in [0.4, 0.5) is 0 Å². The number of benzene rings is 1. The minimum atomic E-state index is 0.573. The second-order valence-electron chi connectivity index (χ2n) is 3.22. The van der Waals surface area contributed by atoms with E-state index >= 15 is 0 Å². The van der Waals surface area contributed by atoms with E-state index in [2.05, 4.69) is 18.3 Å². The third-order valence-corrected chi connectivity index (χ3v) is 2.50. The number of hydrogen-bond acceptors (Lipinski definition) is 1. The van der Waals surface area contributed by atoms with Crippen LogP contribution in [0.3, 0.4) is 0 Å². The normalized spacial score (nSPS) is 12.8. The van der Waals surface area contributed by atoms with E-state index < -0.39 is 0 Å². The molecule has 0 saturated carbocycles. The maximum Gasteiger partial charge on any atom is 0.0408 e. The molecule has 0 aliphatic carbocycles. The summed E-state index contributed by atoms with van der Waals surface area (Å²) < 4.78 is 0. The average Bonchev–Trinajstić information content (AvgIpc) is 2.14. The third-order valence-electron chi connectivity index (χ3n) is 2.26. The quantitative estimate of drug-likeness (QED) is 0.783. The number of rotatable bonds is 4. The zero-order valence-corrected chi connectivity index (χ0v) is 8.93. The molecule has 1 atom stereocenters. The molecule has 0 saturated heterocycles. The lowest BCUT2D eigenvalue weighted by molar-refractivity contribution is 0.612. The minimum Gasteiger partial charge on any atom is -0.319 e. The zero-order chi connectivity index (χ0) is 9.68. The summed E-state index contributed by atoms with van der Waals surface area (Å²) in [6.45, 7) is 3.21. The van der Waals surface area contributed by atoms with E-state index in [1.807, 2.05) is 25.2 Å². The first kappa shape index (κ1) is 10.6. The fourth-order valence-electron chi connectivity index (χ4n) is 1.50. The van der Waals surface area contributed by atoms with E-state index in [0.717, 1.165) is 18.0 Å². The first-order valence-electron chi connectivity index (χ1n) is 4.68. The van der Waals surface area contributed by atoms with Gasteiger partial charge in [-0.3, -0.25) is 0 Å². The largest absolute Gasteiger partial charge is 0.319 e. The summed E-state index contributed by atoms with van der Waals surface area (Å²) in [7, 11) is 1.98. The Kier molecular flexibility index (Phi) is 4.26. The van der Waals surface area contributed by atoms with Gasteiger partial charge in [-0.1, -0.05) is 30.7 Å². The first-order valence-corrected chi connectivity index (χ1v) is 5.05. The average molecular weight is 198 g/mol. The SMILES string of the molecule is CCC(CNC)c1cccc(Cl)c1. The Bertz CT molecular complexity index is 260. The van der Waals surface area contributed by atoms with Crippen LogP contribution in [0.25, 0.3) is 0 Å². The van der Waals surface area contributed by atoms with E-state index in [1.54, 1.807) is 0 Å². The molecule has 0 amide bonds. The fraction of sp³-hybridized carbons (Fsp3) is 0.455. The molecule has 0 aliphatic rings. The van der Waals surface area contributed by atoms with Crippen molar-refractivity contribution in [2.45, 2.75) is 19.3 Å². The highest BCUT2D eigenvalue weighted by Gasteiger charge is 2.07. The molecule has 0 radical (unpaired) electrons. The molecular weight excluding hydrogens is 182 g/mol. The number of nitrogens with one attached hydrogen (secondary N) is 1. The minimum absolute atomic E-state index is 0.573. The van der Waals surface area contributed by atoms with Crippen LogP contribution in [-0.2, 0) is 0 Å². The molecule has 1 aromatic carbocycles. The fourth-order valence-corrected chi connectivity index (χ4v) is 1.70. The Labute approximate surface area is 85.1 Å². The summed E-state index contributed by atoms with van der Waals surface area (Å²) in [6.07, 6.45) is 1.14. The highest BCUT2D eigenvalue weighted by Crippen LogP contribution is 2.21. The Hall–Kier alpha value is -0.530. The molecule has 0 spiro atoms. The summed E-state index contributed by atoms with van der Waals surface area (Å²) >= 11 is 5.93. The summed E-state index contributed by atoms with van der Waals surface area (Å²) in [5.74, 6) is 0.573. The number of likely N-dealkylation sites (N-methyl/N-ethyl adjacent to an activating group) is 1. The van der Waals surface area contributed by atoms with E-state index in [1.165, 1.54) is 5.56 Å². The molecule has 0 heterocycles. The third kappa shape index (κ3) is 3.02. The molecule has 13 heavy (non-hydrogen) atoms. The number of halogens is 1. The van der Waals surface area contributed by atoms with Crippen LogP contribution in [0, 0.1) is 0 Å². The first-order chi connectivity index (χ1) is 6.27. The van der Waals surface area contributed by atoms with E-state index in [4.69, 9.17) is 11.6 Å². The summed E-state index contributed by atoms with van der Waals surface area (Å²) in [5.41, 5.74) is 1.32. The van der Waals surface area contributed by atoms with Gasteiger partial charge in [0.05, 0.1) is 0 Å². The van der Waals surface area contributed by atoms with Crippen LogP contribution in [-0.4, -0.2) is 13.6 Å². The standard InChI is InChI=1S/C11H16ClN/c1-3-9(8-13-2)10-5-4-6-11(12)7-10/h4-7,9,13H,3,8H2,1-2H3. The van der Waals surface area contributed by atoms with E-state index in [9.17, 15) is 0 Å². The van der Waals surface area contributed by atoms with E-state index in [-0.39, 0.29) is 0 Å². The van der Waals surface area contributed by atoms with Gasteiger partial charge in [0, 0.05) is 11.6 Å². The van der Waals surface area contributed by atoms with Crippen molar-refractivity contribution in [3.8, 4) is 0 Å². The van der Waals surface area contributed by atoms with Crippen LogP contribution in [0.2, 0.25) is 5.02 Å². The zero-order valence-electron chi connectivity index (χ0n) is 8.18. The topological polar surface area (TPSA) is 12.0 Å². The van der Waals surface area contributed by atoms with Crippen molar-refractivity contribution in [3.63, 3.8) is 0 Å². The maximum absolute atomic E-state index is 5.93. The lowest BCUT2D eigenvalue weighted by Gasteiger charge is -2.14. The Morgan fingerprint density at radius 1 is 1.46 bits per heavy atom. The van der Waals surface area contributed by atoms with Gasteiger partial charge in [-0.25, -0.2) is 0 Å². The van der Waals surface area contributed by atoms with Crippen LogP contribution in [0.5, 0.6) is 0 Å². The monoisotopic (exact) mass is 197 g/mol. The van der Waals surface area contributed by atoms with Gasteiger partial charge in [0.25, 0.3) is 0 Å². The molecule has 1 rings (SSSR count). The predicted molar refractivity (Wildman–Crippen MR) is 58.4 cm³/mol. The Balaban J connectivity index is 2.78. The van der Waals surface area contributed by atoms with Gasteiger partial charge in [0.15, 0.2) is 0 Å². The second-order valence-corrected chi connectivity index (χ2v) is 3.65. The van der Waals surface area contributed by atoms with Gasteiger partial charge >= 0.3 is 0 Å². The van der Waals surface area contributed by atoms with Gasteiger partial charge < -0.3 is 5.32 Å². The van der Waals surface area contributed by atoms with Crippen molar-refractivity contribution >= 4 is 11.6 Å². The van der Waals surface area contributed by atoms with Crippen molar-refractivity contribution in [3.05, 3.63) is 34.9 Å². The Morgan fingerprint density at radius 3 is 2.77 bits per heavy atom. The van der Waals surface area contributed by atoms with Crippen LogP contribution in [0.15, 0.2) is 24.3 Å². The molecule has 1 aromatic rings. The predicted octanol–water partition coefficient (Wildman–Crippen LogP) is 3.05. The molecule has 1 nitrogen and oxygen atoms in total. The van der Waals surface area contributed by atoms with Crippen LogP contribution < -0.4 is 5.32 Å². The number of hydrogen-bond donors (Lipinski definition) is 1. The molecule has 1 N–H and O–H groups in total. The lowest BCUT2D eigenvalue weighted by Crippen LogP contribution is -2.16. The summed E-state index contributed by atoms with van der Waals surface area (Å²) in [6, 6.07) is 8.11. The van der Waals surface area contributed by atoms with Crippen molar-refractivity contribution in [2.75, 3.05) is 13.6 Å². The molecular formula is C11H16ClN. The smallest absolute Gasteiger partial charge is 0.0408 e. The van der Waals surface area contributed by atoms with Crippen LogP contribution >= 0.6 is 11.6 Å². The van der Waals surface area contributed by atoms with Crippen molar-refractivity contribution < 1.29 is 0 Å². The molecule has 1 unspecified atom stereocenters. The van der Waals surface area contributed by atoms with Crippen molar-refractivity contribution in [1.29, 1.82) is 0 Å². The lowest BCUT2D eigenvalue weighted by atomic mass is 9.97. The van der Waals surface area contributed by atoms with Gasteiger partial charge in [-0.2, -0.15) is 0 Å². The molecule has 0 fully saturated rings. The summed E-state index contributed by atoms with van der Waals surface area (Å²) in [4.78, 5) is 0. The van der Waals surface area contributed by atoms with Crippen molar-refractivity contribution in [1.82, 2.24) is 5.32 Å². The molecule has 0 aliphatic heterocycles. The van der Waals surface area contributed by atoms with Gasteiger partial charge in [-0.05, 0) is 37.1 Å². The summed E-state index contributed by atoms with van der Waals surface area (Å²) in [5, 5.41) is 4.02. The molecule has 0 bridgehead atoms.